The Hall–Kier alpha value is -3.61. The second-order valence-electron chi connectivity index (χ2n) is 8.74. The van der Waals surface area contributed by atoms with Crippen LogP contribution in [-0.2, 0) is 6.42 Å². The van der Waals surface area contributed by atoms with Gasteiger partial charge in [0.05, 0.1) is 0 Å². The summed E-state index contributed by atoms with van der Waals surface area (Å²) in [5, 5.41) is 1.09. The van der Waals surface area contributed by atoms with Crippen molar-refractivity contribution in [2.75, 3.05) is 18.0 Å². The molecule has 1 aliphatic heterocycles. The average molecular weight is 444 g/mol. The van der Waals surface area contributed by atoms with Crippen LogP contribution in [0.4, 0.5) is 5.95 Å². The lowest BCUT2D eigenvalue weighted by Gasteiger charge is -2.32. The molecule has 0 spiro atoms. The number of rotatable bonds is 6. The van der Waals surface area contributed by atoms with E-state index in [1.807, 2.05) is 43.6 Å². The predicted octanol–water partition coefficient (Wildman–Crippen LogP) is 4.42. The van der Waals surface area contributed by atoms with Crippen LogP contribution < -0.4 is 15.2 Å². The molecule has 1 aliphatic rings. The fourth-order valence-corrected chi connectivity index (χ4v) is 4.46. The van der Waals surface area contributed by atoms with E-state index in [1.165, 1.54) is 5.56 Å². The topological polar surface area (TPSA) is 76.0 Å². The van der Waals surface area contributed by atoms with Crippen LogP contribution in [0.2, 0.25) is 0 Å². The predicted molar refractivity (Wildman–Crippen MR) is 131 cm³/mol. The molecule has 3 aromatic heterocycles. The summed E-state index contributed by atoms with van der Waals surface area (Å²) in [5.74, 6) is 1.40. The molecule has 170 valence electrons. The summed E-state index contributed by atoms with van der Waals surface area (Å²) >= 11 is 0. The molecule has 0 atom stereocenters. The van der Waals surface area contributed by atoms with E-state index in [0.29, 0.717) is 5.75 Å². The van der Waals surface area contributed by atoms with E-state index in [9.17, 15) is 4.79 Å². The van der Waals surface area contributed by atoms with E-state index >= 15 is 0 Å². The lowest BCUT2D eigenvalue weighted by atomic mass is 10.1. The Morgan fingerprint density at radius 2 is 1.88 bits per heavy atom. The van der Waals surface area contributed by atoms with Crippen molar-refractivity contribution in [3.8, 4) is 11.4 Å². The van der Waals surface area contributed by atoms with Gasteiger partial charge in [-0.2, -0.15) is 0 Å². The maximum atomic E-state index is 12.8. The molecule has 1 N–H and O–H groups in total. The molecule has 1 saturated heterocycles. The van der Waals surface area contributed by atoms with Gasteiger partial charge in [-0.1, -0.05) is 13.3 Å². The van der Waals surface area contributed by atoms with Crippen molar-refractivity contribution in [2.45, 2.75) is 45.6 Å². The maximum Gasteiger partial charge on any atom is 0.258 e. The minimum atomic E-state index is -0.0999. The summed E-state index contributed by atoms with van der Waals surface area (Å²) < 4.78 is 7.80. The number of hydrogen-bond donors (Lipinski definition) is 1. The van der Waals surface area contributed by atoms with Crippen molar-refractivity contribution >= 4 is 16.9 Å². The largest absolute Gasteiger partial charge is 0.490 e. The number of aryl methyl sites for hydroxylation is 2. The molecule has 1 fully saturated rings. The number of hydrogen-bond acceptors (Lipinski definition) is 5. The number of anilines is 1. The molecule has 0 saturated carbocycles. The molecule has 0 radical (unpaired) electrons. The first kappa shape index (κ1) is 21.2. The highest BCUT2D eigenvalue weighted by Crippen LogP contribution is 2.22. The SMILES string of the molecule is CCCc1cnc(N2CCC(Oc3ccn(-c4ccc5[nH]c(C)cc5c4)c(=O)c3)CC2)nc1. The zero-order valence-corrected chi connectivity index (χ0v) is 19.1. The number of aromatic amines is 1. The van der Waals surface area contributed by atoms with Gasteiger partial charge in [0, 0.05) is 72.9 Å². The highest BCUT2D eigenvalue weighted by molar-refractivity contribution is 5.82. The van der Waals surface area contributed by atoms with Crippen LogP contribution in [0, 0.1) is 6.92 Å². The van der Waals surface area contributed by atoms with Crippen LogP contribution >= 0.6 is 0 Å². The third kappa shape index (κ3) is 4.62. The van der Waals surface area contributed by atoms with E-state index in [2.05, 4.69) is 32.8 Å². The summed E-state index contributed by atoms with van der Waals surface area (Å²) in [4.78, 5) is 27.4. The first-order valence-electron chi connectivity index (χ1n) is 11.6. The third-order valence-corrected chi connectivity index (χ3v) is 6.17. The smallest absolute Gasteiger partial charge is 0.258 e. The molecule has 0 amide bonds. The zero-order chi connectivity index (χ0) is 22.8. The number of nitrogens with zero attached hydrogens (tertiary/aromatic N) is 4. The van der Waals surface area contributed by atoms with Crippen LogP contribution in [0.5, 0.6) is 5.75 Å². The summed E-state index contributed by atoms with van der Waals surface area (Å²) in [6.07, 6.45) is 9.57. The highest BCUT2D eigenvalue weighted by Gasteiger charge is 2.22. The lowest BCUT2D eigenvalue weighted by molar-refractivity contribution is 0.170. The fourth-order valence-electron chi connectivity index (χ4n) is 4.46. The average Bonchev–Trinajstić information content (AvgIpc) is 3.20. The molecule has 33 heavy (non-hydrogen) atoms. The van der Waals surface area contributed by atoms with Gasteiger partial charge in [0.25, 0.3) is 5.56 Å². The Bertz CT molecular complexity index is 1300. The van der Waals surface area contributed by atoms with Crippen LogP contribution in [0.1, 0.15) is 37.4 Å². The van der Waals surface area contributed by atoms with Crippen LogP contribution in [0.3, 0.4) is 0 Å². The molecule has 0 bridgehead atoms. The Morgan fingerprint density at radius 1 is 1.09 bits per heavy atom. The van der Waals surface area contributed by atoms with Crippen molar-refractivity contribution in [2.24, 2.45) is 0 Å². The molecule has 7 heteroatoms. The monoisotopic (exact) mass is 443 g/mol. The maximum absolute atomic E-state index is 12.8. The fraction of sp³-hybridized carbons (Fsp3) is 0.346. The van der Waals surface area contributed by atoms with Gasteiger partial charge in [0.2, 0.25) is 5.95 Å². The normalized spacial score (nSPS) is 14.7. The molecule has 7 nitrogen and oxygen atoms in total. The number of piperidine rings is 1. The minimum Gasteiger partial charge on any atom is -0.490 e. The Kier molecular flexibility index (Phi) is 5.86. The van der Waals surface area contributed by atoms with Gasteiger partial charge in [-0.15, -0.1) is 0 Å². The molecule has 0 unspecified atom stereocenters. The highest BCUT2D eigenvalue weighted by atomic mass is 16.5. The number of ether oxygens (including phenoxy) is 1. The standard InChI is InChI=1S/C26H29N5O2/c1-3-4-19-16-27-26(28-17-19)30-10-7-22(8-11-30)33-23-9-12-31(25(32)15-23)21-5-6-24-20(14-21)13-18(2)29-24/h5-6,9,12-17,22,29H,3-4,7-8,10-11H2,1-2H3. The van der Waals surface area contributed by atoms with E-state index in [1.54, 1.807) is 16.8 Å². The van der Waals surface area contributed by atoms with E-state index in [4.69, 9.17) is 4.74 Å². The lowest BCUT2D eigenvalue weighted by Crippen LogP contribution is -2.39. The Morgan fingerprint density at radius 3 is 2.61 bits per heavy atom. The number of fused-ring (bicyclic) bond motifs is 1. The van der Waals surface area contributed by atoms with Crippen LogP contribution in [-0.4, -0.2) is 38.7 Å². The summed E-state index contributed by atoms with van der Waals surface area (Å²) in [5.41, 5.74) is 4.09. The minimum absolute atomic E-state index is 0.0787. The van der Waals surface area contributed by atoms with E-state index in [-0.39, 0.29) is 11.7 Å². The van der Waals surface area contributed by atoms with Gasteiger partial charge in [-0.05, 0) is 49.2 Å². The van der Waals surface area contributed by atoms with Gasteiger partial charge < -0.3 is 14.6 Å². The molecule has 1 aromatic carbocycles. The molecular weight excluding hydrogens is 414 g/mol. The van der Waals surface area contributed by atoms with Crippen molar-refractivity contribution in [3.63, 3.8) is 0 Å². The summed E-state index contributed by atoms with van der Waals surface area (Å²) in [6.45, 7) is 5.86. The van der Waals surface area contributed by atoms with Crippen LogP contribution in [0.25, 0.3) is 16.6 Å². The van der Waals surface area contributed by atoms with Crippen molar-refractivity contribution in [1.82, 2.24) is 19.5 Å². The third-order valence-electron chi connectivity index (χ3n) is 6.17. The number of aromatic nitrogens is 4. The van der Waals surface area contributed by atoms with Crippen molar-refractivity contribution < 1.29 is 4.74 Å². The molecule has 4 aromatic rings. The first-order chi connectivity index (χ1) is 16.1. The Labute approximate surface area is 193 Å². The first-order valence-corrected chi connectivity index (χ1v) is 11.6. The zero-order valence-electron chi connectivity index (χ0n) is 19.1. The van der Waals surface area contributed by atoms with E-state index in [0.717, 1.165) is 67.0 Å². The van der Waals surface area contributed by atoms with Gasteiger partial charge >= 0.3 is 0 Å². The number of H-pyrrole nitrogens is 1. The Balaban J connectivity index is 1.22. The van der Waals surface area contributed by atoms with Gasteiger partial charge in [0.1, 0.15) is 11.9 Å². The van der Waals surface area contributed by atoms with Crippen molar-refractivity contribution in [3.05, 3.63) is 76.6 Å². The summed E-state index contributed by atoms with van der Waals surface area (Å²) in [7, 11) is 0. The summed E-state index contributed by atoms with van der Waals surface area (Å²) in [6, 6.07) is 11.5. The number of nitrogens with one attached hydrogen (secondary N) is 1. The van der Waals surface area contributed by atoms with Crippen molar-refractivity contribution in [1.29, 1.82) is 0 Å². The molecule has 0 aliphatic carbocycles. The van der Waals surface area contributed by atoms with Gasteiger partial charge in [-0.25, -0.2) is 9.97 Å². The van der Waals surface area contributed by atoms with E-state index < -0.39 is 0 Å². The molecule has 4 heterocycles. The number of benzene rings is 1. The quantitative estimate of drug-likeness (QED) is 0.477. The van der Waals surface area contributed by atoms with Gasteiger partial charge in [-0.3, -0.25) is 9.36 Å². The molecular formula is C26H29N5O2. The second kappa shape index (κ2) is 9.10. The van der Waals surface area contributed by atoms with Crippen LogP contribution in [0.15, 0.2) is 59.8 Å². The second-order valence-corrected chi connectivity index (χ2v) is 8.74. The number of pyridine rings is 1. The molecule has 5 rings (SSSR count). The van der Waals surface area contributed by atoms with Gasteiger partial charge in [0.15, 0.2) is 0 Å².